The lowest BCUT2D eigenvalue weighted by molar-refractivity contribution is -0.116. The summed E-state index contributed by atoms with van der Waals surface area (Å²) in [5.41, 5.74) is 0.231. The molecule has 3 unspecified atom stereocenters. The summed E-state index contributed by atoms with van der Waals surface area (Å²) in [6.45, 7) is 10.6. The van der Waals surface area contributed by atoms with E-state index in [2.05, 4.69) is 38.1 Å². The molecule has 18 heavy (non-hydrogen) atoms. The summed E-state index contributed by atoms with van der Waals surface area (Å²) >= 11 is 0. The van der Waals surface area contributed by atoms with Crippen LogP contribution in [0.4, 0.5) is 0 Å². The summed E-state index contributed by atoms with van der Waals surface area (Å²) < 4.78 is 7.73. The minimum Gasteiger partial charge on any atom is -0.378 e. The number of rotatable bonds is 6. The van der Waals surface area contributed by atoms with Crippen LogP contribution in [0.5, 0.6) is 0 Å². The van der Waals surface area contributed by atoms with Crippen molar-refractivity contribution in [2.24, 2.45) is 5.41 Å². The summed E-state index contributed by atoms with van der Waals surface area (Å²) in [5.74, 6) is 0. The van der Waals surface area contributed by atoms with Crippen LogP contribution in [0.1, 0.15) is 34.1 Å². The van der Waals surface area contributed by atoms with Crippen molar-refractivity contribution in [3.8, 4) is 0 Å². The molecule has 0 spiro atoms. The number of nitrogens with one attached hydrogen (secondary N) is 1. The number of hydrogen-bond acceptors (Lipinski definition) is 3. The van der Waals surface area contributed by atoms with Gasteiger partial charge in [-0.05, 0) is 26.3 Å². The Morgan fingerprint density at radius 3 is 2.89 bits per heavy atom. The first-order valence-corrected chi connectivity index (χ1v) is 6.89. The lowest BCUT2D eigenvalue weighted by Gasteiger charge is -2.52. The molecular formula is C14H25N3O. The summed E-state index contributed by atoms with van der Waals surface area (Å²) in [4.78, 5) is 0. The van der Waals surface area contributed by atoms with Gasteiger partial charge in [0.25, 0.3) is 0 Å². The van der Waals surface area contributed by atoms with E-state index in [0.29, 0.717) is 18.2 Å². The lowest BCUT2D eigenvalue weighted by Crippen LogP contribution is -2.62. The van der Waals surface area contributed by atoms with E-state index in [1.165, 1.54) is 0 Å². The first-order chi connectivity index (χ1) is 8.54. The van der Waals surface area contributed by atoms with Crippen molar-refractivity contribution >= 4 is 0 Å². The van der Waals surface area contributed by atoms with Crippen LogP contribution in [0.25, 0.3) is 0 Å². The molecule has 0 aromatic carbocycles. The molecule has 0 aliphatic heterocycles. The number of nitrogens with zero attached hydrogens (tertiary/aromatic N) is 2. The first kappa shape index (κ1) is 13.6. The SMILES string of the molecule is CCOC1CC(NC(C)Cn2cccn2)C1(C)C. The van der Waals surface area contributed by atoms with E-state index in [1.807, 2.05) is 23.1 Å². The van der Waals surface area contributed by atoms with Gasteiger partial charge in [0.05, 0.1) is 12.6 Å². The average Bonchev–Trinajstić information content (AvgIpc) is 2.80. The molecule has 1 N–H and O–H groups in total. The fraction of sp³-hybridized carbons (Fsp3) is 0.786. The summed E-state index contributed by atoms with van der Waals surface area (Å²) in [6, 6.07) is 2.93. The molecule has 0 amide bonds. The van der Waals surface area contributed by atoms with Gasteiger partial charge in [-0.3, -0.25) is 4.68 Å². The molecule has 4 heteroatoms. The Morgan fingerprint density at radius 1 is 1.56 bits per heavy atom. The molecule has 1 aliphatic carbocycles. The monoisotopic (exact) mass is 251 g/mol. The van der Waals surface area contributed by atoms with Gasteiger partial charge in [0.2, 0.25) is 0 Å². The van der Waals surface area contributed by atoms with E-state index in [0.717, 1.165) is 19.6 Å². The molecule has 1 heterocycles. The third-order valence-corrected chi connectivity index (χ3v) is 4.05. The Labute approximate surface area is 110 Å². The molecule has 1 aromatic rings. The molecule has 0 bridgehead atoms. The quantitative estimate of drug-likeness (QED) is 0.841. The van der Waals surface area contributed by atoms with E-state index in [4.69, 9.17) is 4.74 Å². The maximum atomic E-state index is 5.75. The Bertz CT molecular complexity index is 361. The predicted molar refractivity (Wildman–Crippen MR) is 72.4 cm³/mol. The molecule has 4 nitrogen and oxygen atoms in total. The first-order valence-electron chi connectivity index (χ1n) is 6.89. The van der Waals surface area contributed by atoms with Crippen LogP contribution >= 0.6 is 0 Å². The Hall–Kier alpha value is -0.870. The molecule has 102 valence electrons. The van der Waals surface area contributed by atoms with Crippen molar-refractivity contribution < 1.29 is 4.74 Å². The highest BCUT2D eigenvalue weighted by Gasteiger charge is 2.48. The van der Waals surface area contributed by atoms with Gasteiger partial charge in [-0.1, -0.05) is 13.8 Å². The van der Waals surface area contributed by atoms with Crippen molar-refractivity contribution in [3.63, 3.8) is 0 Å². The van der Waals surface area contributed by atoms with Gasteiger partial charge in [0.15, 0.2) is 0 Å². The van der Waals surface area contributed by atoms with E-state index in [-0.39, 0.29) is 5.41 Å². The zero-order valence-corrected chi connectivity index (χ0v) is 11.9. The minimum atomic E-state index is 0.231. The van der Waals surface area contributed by atoms with Crippen LogP contribution in [0, 0.1) is 5.41 Å². The van der Waals surface area contributed by atoms with Gasteiger partial charge in [-0.15, -0.1) is 0 Å². The molecule has 3 atom stereocenters. The molecule has 2 rings (SSSR count). The number of ether oxygens (including phenoxy) is 1. The summed E-state index contributed by atoms with van der Waals surface area (Å²) in [6.07, 6.45) is 5.35. The Morgan fingerprint density at radius 2 is 2.33 bits per heavy atom. The zero-order valence-electron chi connectivity index (χ0n) is 11.9. The van der Waals surface area contributed by atoms with Crippen LogP contribution in [0.15, 0.2) is 18.5 Å². The Kier molecular flexibility index (Phi) is 4.07. The standard InChI is InChI=1S/C14H25N3O/c1-5-18-13-9-12(14(13,3)4)16-11(2)10-17-8-6-7-15-17/h6-8,11-13,16H,5,9-10H2,1-4H3. The maximum absolute atomic E-state index is 5.75. The van der Waals surface area contributed by atoms with Crippen molar-refractivity contribution in [2.45, 2.75) is 58.8 Å². The van der Waals surface area contributed by atoms with Crippen molar-refractivity contribution in [2.75, 3.05) is 6.61 Å². The van der Waals surface area contributed by atoms with Crippen LogP contribution in [-0.4, -0.2) is 34.6 Å². The summed E-state index contributed by atoms with van der Waals surface area (Å²) in [7, 11) is 0. The maximum Gasteiger partial charge on any atom is 0.0655 e. The van der Waals surface area contributed by atoms with E-state index >= 15 is 0 Å². The van der Waals surface area contributed by atoms with Gasteiger partial charge in [-0.25, -0.2) is 0 Å². The van der Waals surface area contributed by atoms with Gasteiger partial charge in [0, 0.05) is 36.5 Å². The van der Waals surface area contributed by atoms with Crippen LogP contribution in [0.3, 0.4) is 0 Å². The van der Waals surface area contributed by atoms with Crippen molar-refractivity contribution in [3.05, 3.63) is 18.5 Å². The fourth-order valence-electron chi connectivity index (χ4n) is 2.74. The molecule has 0 saturated heterocycles. The van der Waals surface area contributed by atoms with Crippen LogP contribution in [0.2, 0.25) is 0 Å². The van der Waals surface area contributed by atoms with E-state index in [9.17, 15) is 0 Å². The Balaban J connectivity index is 1.80. The van der Waals surface area contributed by atoms with Gasteiger partial charge in [-0.2, -0.15) is 5.10 Å². The normalized spacial score (nSPS) is 27.8. The van der Waals surface area contributed by atoms with Gasteiger partial charge in [0.1, 0.15) is 0 Å². The molecule has 1 fully saturated rings. The highest BCUT2D eigenvalue weighted by molar-refractivity contribution is 5.03. The zero-order chi connectivity index (χ0) is 13.2. The minimum absolute atomic E-state index is 0.231. The lowest BCUT2D eigenvalue weighted by atomic mass is 9.64. The number of aromatic nitrogens is 2. The average molecular weight is 251 g/mol. The van der Waals surface area contributed by atoms with Crippen molar-refractivity contribution in [1.82, 2.24) is 15.1 Å². The molecular weight excluding hydrogens is 226 g/mol. The third kappa shape index (κ3) is 2.75. The molecule has 1 aliphatic rings. The highest BCUT2D eigenvalue weighted by atomic mass is 16.5. The summed E-state index contributed by atoms with van der Waals surface area (Å²) in [5, 5.41) is 7.93. The van der Waals surface area contributed by atoms with E-state index in [1.54, 1.807) is 0 Å². The molecule has 0 radical (unpaired) electrons. The topological polar surface area (TPSA) is 39.1 Å². The largest absolute Gasteiger partial charge is 0.378 e. The van der Waals surface area contributed by atoms with Crippen molar-refractivity contribution in [1.29, 1.82) is 0 Å². The fourth-order valence-corrected chi connectivity index (χ4v) is 2.74. The van der Waals surface area contributed by atoms with Gasteiger partial charge >= 0.3 is 0 Å². The van der Waals surface area contributed by atoms with Crippen LogP contribution < -0.4 is 5.32 Å². The second-order valence-electron chi connectivity index (χ2n) is 5.85. The predicted octanol–water partition coefficient (Wildman–Crippen LogP) is 2.06. The van der Waals surface area contributed by atoms with Crippen LogP contribution in [-0.2, 0) is 11.3 Å². The smallest absolute Gasteiger partial charge is 0.0655 e. The number of hydrogen-bond donors (Lipinski definition) is 1. The molecule has 1 aromatic heterocycles. The van der Waals surface area contributed by atoms with Gasteiger partial charge < -0.3 is 10.1 Å². The highest BCUT2D eigenvalue weighted by Crippen LogP contribution is 2.42. The third-order valence-electron chi connectivity index (χ3n) is 4.05. The van der Waals surface area contributed by atoms with E-state index < -0.39 is 0 Å². The second-order valence-corrected chi connectivity index (χ2v) is 5.85. The second kappa shape index (κ2) is 5.41. The molecule has 1 saturated carbocycles.